The highest BCUT2D eigenvalue weighted by Crippen LogP contribution is 2.36. The van der Waals surface area contributed by atoms with Crippen molar-refractivity contribution in [1.29, 1.82) is 0 Å². The fourth-order valence-corrected chi connectivity index (χ4v) is 3.49. The predicted octanol–water partition coefficient (Wildman–Crippen LogP) is 3.81. The molecule has 0 amide bonds. The Morgan fingerprint density at radius 2 is 1.90 bits per heavy atom. The van der Waals surface area contributed by atoms with Gasteiger partial charge in [-0.15, -0.1) is 11.8 Å². The lowest BCUT2D eigenvalue weighted by molar-refractivity contribution is -0.120. The van der Waals surface area contributed by atoms with Crippen LogP contribution in [0.2, 0.25) is 0 Å². The van der Waals surface area contributed by atoms with Crippen molar-refractivity contribution in [2.75, 3.05) is 25.4 Å². The molecule has 0 aliphatic heterocycles. The van der Waals surface area contributed by atoms with Crippen LogP contribution in [0, 0.1) is 0 Å². The first-order valence-electron chi connectivity index (χ1n) is 7.27. The largest absolute Gasteiger partial charge is 0.428 e. The fourth-order valence-electron chi connectivity index (χ4n) is 2.33. The maximum Gasteiger partial charge on any atom is 0.298 e. The van der Waals surface area contributed by atoms with Crippen molar-refractivity contribution in [3.8, 4) is 5.75 Å². The second kappa shape index (κ2) is 8.05. The molecule has 4 heteroatoms. The van der Waals surface area contributed by atoms with Crippen LogP contribution in [0.5, 0.6) is 5.75 Å². The van der Waals surface area contributed by atoms with Crippen LogP contribution in [0.1, 0.15) is 13.8 Å². The summed E-state index contributed by atoms with van der Waals surface area (Å²) in [4.78, 5) is 14.1. The molecule has 0 aromatic heterocycles. The Labute approximate surface area is 130 Å². The van der Waals surface area contributed by atoms with E-state index < -0.39 is 0 Å². The van der Waals surface area contributed by atoms with Crippen molar-refractivity contribution in [1.82, 2.24) is 4.90 Å². The molecule has 0 saturated carbocycles. The monoisotopic (exact) mass is 303 g/mol. The van der Waals surface area contributed by atoms with Gasteiger partial charge in [-0.1, -0.05) is 44.2 Å². The highest BCUT2D eigenvalue weighted by molar-refractivity contribution is 7.99. The Kier molecular flexibility index (Phi) is 6.08. The molecule has 0 atom stereocenters. The summed E-state index contributed by atoms with van der Waals surface area (Å²) in [6.07, 6.45) is 0. The second-order valence-corrected chi connectivity index (χ2v) is 5.81. The lowest BCUT2D eigenvalue weighted by Crippen LogP contribution is -2.25. The number of thioether (sulfide) groups is 1. The molecule has 0 saturated heterocycles. The molecule has 2 rings (SSSR count). The first-order chi connectivity index (χ1) is 10.3. The van der Waals surface area contributed by atoms with Crippen LogP contribution in [0.25, 0.3) is 10.8 Å². The van der Waals surface area contributed by atoms with Gasteiger partial charge in [0.25, 0.3) is 6.47 Å². The summed E-state index contributed by atoms with van der Waals surface area (Å²) in [7, 11) is 0. The topological polar surface area (TPSA) is 29.5 Å². The normalized spacial score (nSPS) is 11.0. The Bertz CT molecular complexity index is 596. The second-order valence-electron chi connectivity index (χ2n) is 4.70. The number of hydrogen-bond acceptors (Lipinski definition) is 4. The number of carbonyl (C=O) groups excluding carboxylic acids is 1. The van der Waals surface area contributed by atoms with Crippen LogP contribution in [-0.2, 0) is 4.79 Å². The summed E-state index contributed by atoms with van der Waals surface area (Å²) in [6.45, 7) is 7.99. The van der Waals surface area contributed by atoms with E-state index in [2.05, 4.69) is 30.9 Å². The Balaban J connectivity index is 2.22. The zero-order valence-electron chi connectivity index (χ0n) is 12.5. The highest BCUT2D eigenvalue weighted by Gasteiger charge is 2.10. The van der Waals surface area contributed by atoms with E-state index in [1.165, 1.54) is 5.39 Å². The summed E-state index contributed by atoms with van der Waals surface area (Å²) < 4.78 is 5.14. The SMILES string of the molecule is CCN(CC)CCSc1c(OC=O)ccc2ccccc12. The zero-order valence-corrected chi connectivity index (χ0v) is 13.4. The van der Waals surface area contributed by atoms with E-state index in [1.807, 2.05) is 24.3 Å². The van der Waals surface area contributed by atoms with Gasteiger partial charge in [-0.2, -0.15) is 0 Å². The third kappa shape index (κ3) is 3.99. The minimum atomic E-state index is 0.499. The Morgan fingerprint density at radius 3 is 2.62 bits per heavy atom. The molecule has 112 valence electrons. The number of benzene rings is 2. The first-order valence-corrected chi connectivity index (χ1v) is 8.25. The molecule has 3 nitrogen and oxygen atoms in total. The van der Waals surface area contributed by atoms with Crippen molar-refractivity contribution in [2.45, 2.75) is 18.7 Å². The lowest BCUT2D eigenvalue weighted by atomic mass is 10.1. The molecule has 21 heavy (non-hydrogen) atoms. The summed E-state index contributed by atoms with van der Waals surface area (Å²) in [5, 5.41) is 2.31. The highest BCUT2D eigenvalue weighted by atomic mass is 32.2. The van der Waals surface area contributed by atoms with Crippen molar-refractivity contribution >= 4 is 29.0 Å². The number of carbonyl (C=O) groups is 1. The molecular formula is C17H21NO2S. The minimum Gasteiger partial charge on any atom is -0.428 e. The molecule has 0 spiro atoms. The summed E-state index contributed by atoms with van der Waals surface area (Å²) in [5.74, 6) is 1.62. The van der Waals surface area contributed by atoms with E-state index in [1.54, 1.807) is 11.8 Å². The van der Waals surface area contributed by atoms with Gasteiger partial charge in [0, 0.05) is 12.3 Å². The summed E-state index contributed by atoms with van der Waals surface area (Å²) in [5.41, 5.74) is 0. The van der Waals surface area contributed by atoms with Gasteiger partial charge in [0.15, 0.2) is 0 Å². The van der Waals surface area contributed by atoms with Crippen LogP contribution in [0.15, 0.2) is 41.3 Å². The average Bonchev–Trinajstić information content (AvgIpc) is 2.53. The quantitative estimate of drug-likeness (QED) is 0.548. The standard InChI is InChI=1S/C17H21NO2S/c1-3-18(4-2)11-12-21-17-15-8-6-5-7-14(15)9-10-16(17)20-13-19/h5-10,13H,3-4,11-12H2,1-2H3. The van der Waals surface area contributed by atoms with E-state index in [4.69, 9.17) is 4.74 Å². The van der Waals surface area contributed by atoms with Gasteiger partial charge in [0.1, 0.15) is 5.75 Å². The maximum atomic E-state index is 10.7. The third-order valence-electron chi connectivity index (χ3n) is 3.57. The number of hydrogen-bond donors (Lipinski definition) is 0. The van der Waals surface area contributed by atoms with Crippen molar-refractivity contribution in [3.05, 3.63) is 36.4 Å². The molecule has 0 aliphatic rings. The van der Waals surface area contributed by atoms with Gasteiger partial charge in [0.05, 0.1) is 4.90 Å². The molecule has 0 fully saturated rings. The number of fused-ring (bicyclic) bond motifs is 1. The molecular weight excluding hydrogens is 282 g/mol. The smallest absolute Gasteiger partial charge is 0.298 e. The van der Waals surface area contributed by atoms with Crippen LogP contribution < -0.4 is 4.74 Å². The first kappa shape index (κ1) is 15.9. The Hall–Kier alpha value is -1.52. The minimum absolute atomic E-state index is 0.499. The van der Waals surface area contributed by atoms with Crippen molar-refractivity contribution < 1.29 is 9.53 Å². The van der Waals surface area contributed by atoms with E-state index in [-0.39, 0.29) is 0 Å². The fraction of sp³-hybridized carbons (Fsp3) is 0.353. The molecule has 0 radical (unpaired) electrons. The average molecular weight is 303 g/mol. The molecule has 0 N–H and O–H groups in total. The van der Waals surface area contributed by atoms with E-state index in [0.717, 1.165) is 35.7 Å². The molecule has 2 aromatic rings. The maximum absolute atomic E-state index is 10.7. The van der Waals surface area contributed by atoms with Crippen LogP contribution in [0.3, 0.4) is 0 Å². The van der Waals surface area contributed by atoms with Gasteiger partial charge < -0.3 is 9.64 Å². The van der Waals surface area contributed by atoms with E-state index >= 15 is 0 Å². The van der Waals surface area contributed by atoms with Gasteiger partial charge in [-0.05, 0) is 29.9 Å². The van der Waals surface area contributed by atoms with Crippen LogP contribution in [0.4, 0.5) is 0 Å². The Morgan fingerprint density at radius 1 is 1.14 bits per heavy atom. The summed E-state index contributed by atoms with van der Waals surface area (Å²) in [6, 6.07) is 12.1. The van der Waals surface area contributed by atoms with Crippen molar-refractivity contribution in [2.24, 2.45) is 0 Å². The van der Waals surface area contributed by atoms with Gasteiger partial charge >= 0.3 is 0 Å². The van der Waals surface area contributed by atoms with Gasteiger partial charge in [-0.25, -0.2) is 0 Å². The number of ether oxygens (including phenoxy) is 1. The number of nitrogens with zero attached hydrogens (tertiary/aromatic N) is 1. The van der Waals surface area contributed by atoms with Gasteiger partial charge in [0.2, 0.25) is 0 Å². The predicted molar refractivity (Wildman–Crippen MR) is 89.2 cm³/mol. The van der Waals surface area contributed by atoms with Crippen molar-refractivity contribution in [3.63, 3.8) is 0 Å². The van der Waals surface area contributed by atoms with Crippen LogP contribution in [-0.4, -0.2) is 36.8 Å². The third-order valence-corrected chi connectivity index (χ3v) is 4.66. The number of rotatable bonds is 8. The van der Waals surface area contributed by atoms with Crippen LogP contribution >= 0.6 is 11.8 Å². The van der Waals surface area contributed by atoms with Gasteiger partial charge in [-0.3, -0.25) is 4.79 Å². The summed E-state index contributed by atoms with van der Waals surface area (Å²) >= 11 is 1.75. The van der Waals surface area contributed by atoms with E-state index in [0.29, 0.717) is 12.2 Å². The van der Waals surface area contributed by atoms with E-state index in [9.17, 15) is 4.79 Å². The lowest BCUT2D eigenvalue weighted by Gasteiger charge is -2.18. The molecule has 0 heterocycles. The molecule has 0 aliphatic carbocycles. The zero-order chi connectivity index (χ0) is 15.1. The molecule has 0 unspecified atom stereocenters. The molecule has 2 aromatic carbocycles. The molecule has 0 bridgehead atoms.